The lowest BCUT2D eigenvalue weighted by Crippen LogP contribution is -2.65. The van der Waals surface area contributed by atoms with Gasteiger partial charge in [-0.2, -0.15) is 0 Å². The minimum Gasteiger partial charge on any atom is -0.299 e. The zero-order valence-electron chi connectivity index (χ0n) is 16.8. The molecule has 3 N–H and O–H groups in total. The van der Waals surface area contributed by atoms with Crippen molar-refractivity contribution < 1.29 is 0 Å². The van der Waals surface area contributed by atoms with Crippen LogP contribution in [0.15, 0.2) is 0 Å². The Kier molecular flexibility index (Phi) is 7.59. The molecule has 0 bridgehead atoms. The summed E-state index contributed by atoms with van der Waals surface area (Å²) in [4.78, 5) is 2.76. The first kappa shape index (κ1) is 19.6. The van der Waals surface area contributed by atoms with Gasteiger partial charge in [-0.1, -0.05) is 45.4 Å². The largest absolute Gasteiger partial charge is 0.299 e. The highest BCUT2D eigenvalue weighted by atomic mass is 15.5. The number of hydrogen-bond donors (Lipinski definition) is 2. The number of nitrogens with one attached hydrogen (secondary N) is 1. The minimum atomic E-state index is 0.392. The monoisotopic (exact) mass is 350 g/mol. The van der Waals surface area contributed by atoms with Gasteiger partial charge in [-0.15, -0.1) is 0 Å². The van der Waals surface area contributed by atoms with Crippen LogP contribution >= 0.6 is 0 Å². The van der Waals surface area contributed by atoms with Gasteiger partial charge in [-0.3, -0.25) is 16.1 Å². The molecule has 4 nitrogen and oxygen atoms in total. The standard InChI is InChI=1S/C21H42N4/c1-3-4-5-8-11-21-23-19(15-20(25(21)22)18-12-13-18)16-24-14-9-6-7-10-17(24)2/h17-21,23H,3-16,22H2,1-2H3/t17-,19?,20?,21?/m1/s1. The van der Waals surface area contributed by atoms with Crippen LogP contribution in [-0.2, 0) is 0 Å². The molecule has 3 unspecified atom stereocenters. The molecule has 2 aliphatic heterocycles. The SMILES string of the molecule is CCCCCCC1NC(CN2CCCCC[C@H]2C)CC(C2CC2)N1N. The van der Waals surface area contributed by atoms with Crippen LogP contribution in [0.5, 0.6) is 0 Å². The van der Waals surface area contributed by atoms with Crippen molar-refractivity contribution in [3.8, 4) is 0 Å². The molecule has 0 aromatic rings. The van der Waals surface area contributed by atoms with Gasteiger partial charge in [0.25, 0.3) is 0 Å². The second kappa shape index (κ2) is 9.68. The van der Waals surface area contributed by atoms with Crippen molar-refractivity contribution in [2.45, 2.75) is 115 Å². The minimum absolute atomic E-state index is 0.392. The van der Waals surface area contributed by atoms with E-state index in [9.17, 15) is 0 Å². The summed E-state index contributed by atoms with van der Waals surface area (Å²) >= 11 is 0. The highest BCUT2D eigenvalue weighted by molar-refractivity contribution is 4.96. The predicted molar refractivity (Wildman–Crippen MR) is 106 cm³/mol. The molecule has 3 aliphatic rings. The van der Waals surface area contributed by atoms with Crippen molar-refractivity contribution in [3.63, 3.8) is 0 Å². The Bertz CT molecular complexity index is 384. The first-order chi connectivity index (χ1) is 12.2. The van der Waals surface area contributed by atoms with Gasteiger partial charge in [0.2, 0.25) is 0 Å². The average Bonchev–Trinajstić information content (AvgIpc) is 3.44. The Hall–Kier alpha value is -0.160. The Morgan fingerprint density at radius 3 is 2.64 bits per heavy atom. The molecule has 3 rings (SSSR count). The van der Waals surface area contributed by atoms with E-state index in [4.69, 9.17) is 5.84 Å². The molecule has 25 heavy (non-hydrogen) atoms. The summed E-state index contributed by atoms with van der Waals surface area (Å²) < 4.78 is 0. The number of likely N-dealkylation sites (tertiary alicyclic amines) is 1. The molecular formula is C21H42N4. The lowest BCUT2D eigenvalue weighted by atomic mass is 9.95. The zero-order valence-corrected chi connectivity index (χ0v) is 16.8. The average molecular weight is 351 g/mol. The zero-order chi connectivity index (χ0) is 17.6. The van der Waals surface area contributed by atoms with Gasteiger partial charge in [-0.05, 0) is 57.9 Å². The van der Waals surface area contributed by atoms with Crippen molar-refractivity contribution in [3.05, 3.63) is 0 Å². The van der Waals surface area contributed by atoms with E-state index in [1.807, 2.05) is 0 Å². The Morgan fingerprint density at radius 2 is 1.88 bits per heavy atom. The van der Waals surface area contributed by atoms with Gasteiger partial charge in [0, 0.05) is 24.7 Å². The van der Waals surface area contributed by atoms with Gasteiger partial charge in [-0.25, -0.2) is 5.01 Å². The fourth-order valence-corrected chi connectivity index (χ4v) is 5.00. The second-order valence-corrected chi connectivity index (χ2v) is 9.01. The summed E-state index contributed by atoms with van der Waals surface area (Å²) in [5.41, 5.74) is 0. The van der Waals surface area contributed by atoms with E-state index in [-0.39, 0.29) is 0 Å². The number of nitrogens with two attached hydrogens (primary N) is 1. The fourth-order valence-electron chi connectivity index (χ4n) is 5.00. The van der Waals surface area contributed by atoms with E-state index in [1.165, 1.54) is 90.1 Å². The summed E-state index contributed by atoms with van der Waals surface area (Å²) in [6, 6.07) is 1.99. The Morgan fingerprint density at radius 1 is 1.04 bits per heavy atom. The van der Waals surface area contributed by atoms with Crippen LogP contribution in [0.1, 0.15) is 90.9 Å². The number of hydrazine groups is 1. The van der Waals surface area contributed by atoms with Crippen molar-refractivity contribution in [1.82, 2.24) is 15.2 Å². The smallest absolute Gasteiger partial charge is 0.0736 e. The first-order valence-electron chi connectivity index (χ1n) is 11.2. The quantitative estimate of drug-likeness (QED) is 0.515. The molecule has 2 saturated heterocycles. The third-order valence-corrected chi connectivity index (χ3v) is 6.84. The molecule has 146 valence electrons. The Balaban J connectivity index is 1.56. The van der Waals surface area contributed by atoms with Gasteiger partial charge in [0.1, 0.15) is 0 Å². The van der Waals surface area contributed by atoms with Crippen LogP contribution < -0.4 is 11.2 Å². The molecule has 1 saturated carbocycles. The van der Waals surface area contributed by atoms with E-state index in [2.05, 4.69) is 29.1 Å². The summed E-state index contributed by atoms with van der Waals surface area (Å²) in [5, 5.41) is 6.15. The van der Waals surface area contributed by atoms with E-state index in [1.54, 1.807) is 0 Å². The van der Waals surface area contributed by atoms with Crippen LogP contribution in [-0.4, -0.2) is 47.3 Å². The molecule has 3 fully saturated rings. The van der Waals surface area contributed by atoms with Gasteiger partial charge in [0.15, 0.2) is 0 Å². The van der Waals surface area contributed by atoms with E-state index in [0.717, 1.165) is 12.0 Å². The third kappa shape index (κ3) is 5.66. The van der Waals surface area contributed by atoms with Gasteiger partial charge < -0.3 is 0 Å². The molecule has 0 amide bonds. The van der Waals surface area contributed by atoms with Crippen LogP contribution in [0, 0.1) is 5.92 Å². The molecule has 0 radical (unpaired) electrons. The second-order valence-electron chi connectivity index (χ2n) is 9.01. The summed E-state index contributed by atoms with van der Waals surface area (Å²) in [7, 11) is 0. The fraction of sp³-hybridized carbons (Fsp3) is 1.00. The highest BCUT2D eigenvalue weighted by Crippen LogP contribution is 2.39. The first-order valence-corrected chi connectivity index (χ1v) is 11.2. The normalized spacial score (nSPS) is 35.6. The number of nitrogens with zero attached hydrogens (tertiary/aromatic N) is 2. The predicted octanol–water partition coefficient (Wildman–Crippen LogP) is 3.86. The van der Waals surface area contributed by atoms with E-state index >= 15 is 0 Å². The summed E-state index contributed by atoms with van der Waals surface area (Å²) in [6.07, 6.45) is 16.6. The maximum absolute atomic E-state index is 6.58. The molecule has 2 heterocycles. The van der Waals surface area contributed by atoms with Crippen LogP contribution in [0.25, 0.3) is 0 Å². The van der Waals surface area contributed by atoms with Gasteiger partial charge in [0.05, 0.1) is 6.17 Å². The molecule has 4 heteroatoms. The third-order valence-electron chi connectivity index (χ3n) is 6.84. The van der Waals surface area contributed by atoms with Crippen LogP contribution in [0.2, 0.25) is 0 Å². The van der Waals surface area contributed by atoms with Crippen LogP contribution in [0.3, 0.4) is 0 Å². The maximum atomic E-state index is 6.58. The van der Waals surface area contributed by atoms with Crippen molar-refractivity contribution in [2.75, 3.05) is 13.1 Å². The van der Waals surface area contributed by atoms with Gasteiger partial charge >= 0.3 is 0 Å². The maximum Gasteiger partial charge on any atom is 0.0736 e. The Labute approximate surface area is 155 Å². The molecule has 0 aromatic carbocycles. The molecule has 1 aliphatic carbocycles. The summed E-state index contributed by atoms with van der Waals surface area (Å²) in [6.45, 7) is 7.24. The van der Waals surface area contributed by atoms with E-state index < -0.39 is 0 Å². The molecule has 4 atom stereocenters. The topological polar surface area (TPSA) is 44.5 Å². The molecule has 0 spiro atoms. The van der Waals surface area contributed by atoms with E-state index in [0.29, 0.717) is 18.2 Å². The lowest BCUT2D eigenvalue weighted by Gasteiger charge is -2.45. The highest BCUT2D eigenvalue weighted by Gasteiger charge is 2.42. The van der Waals surface area contributed by atoms with Crippen LogP contribution in [0.4, 0.5) is 0 Å². The number of unbranched alkanes of at least 4 members (excludes halogenated alkanes) is 3. The number of rotatable bonds is 8. The number of hydrogen-bond acceptors (Lipinski definition) is 4. The molecular weight excluding hydrogens is 308 g/mol. The lowest BCUT2D eigenvalue weighted by molar-refractivity contribution is 0.0162. The van der Waals surface area contributed by atoms with Crippen molar-refractivity contribution in [2.24, 2.45) is 11.8 Å². The van der Waals surface area contributed by atoms with Crippen molar-refractivity contribution in [1.29, 1.82) is 0 Å². The van der Waals surface area contributed by atoms with Crippen molar-refractivity contribution >= 4 is 0 Å². The molecule has 0 aromatic heterocycles. The summed E-state index contributed by atoms with van der Waals surface area (Å²) in [5.74, 6) is 7.45.